The Morgan fingerprint density at radius 1 is 0.970 bits per heavy atom. The first-order valence-electron chi connectivity index (χ1n) is 11.3. The molecule has 2 heterocycles. The highest BCUT2D eigenvalue weighted by Gasteiger charge is 2.33. The summed E-state index contributed by atoms with van der Waals surface area (Å²) in [6.45, 7) is 3.02. The normalized spacial score (nSPS) is 19.4. The number of rotatable bonds is 3. The van der Waals surface area contributed by atoms with E-state index in [1.54, 1.807) is 30.3 Å². The minimum atomic E-state index is -3.58. The fourth-order valence-corrected chi connectivity index (χ4v) is 6.62. The van der Waals surface area contributed by atoms with Gasteiger partial charge in [0.2, 0.25) is 0 Å². The van der Waals surface area contributed by atoms with Gasteiger partial charge in [-0.15, -0.1) is 0 Å². The summed E-state index contributed by atoms with van der Waals surface area (Å²) in [5.41, 5.74) is 2.12. The number of hydrogen-bond acceptors (Lipinski definition) is 5. The maximum absolute atomic E-state index is 13.4. The van der Waals surface area contributed by atoms with Crippen LogP contribution in [0.2, 0.25) is 0 Å². The molecule has 2 aromatic carbocycles. The number of pyridine rings is 1. The van der Waals surface area contributed by atoms with Crippen LogP contribution in [0.3, 0.4) is 0 Å². The summed E-state index contributed by atoms with van der Waals surface area (Å²) in [7, 11) is -1.55. The van der Waals surface area contributed by atoms with E-state index in [2.05, 4.69) is 9.88 Å². The molecule has 172 valence electrons. The Kier molecular flexibility index (Phi) is 5.58. The minimum absolute atomic E-state index is 0.0611. The maximum Gasteiger partial charge on any atom is 0.256 e. The lowest BCUT2D eigenvalue weighted by atomic mass is 9.91. The Bertz CT molecular complexity index is 1370. The number of sulfone groups is 1. The predicted molar refractivity (Wildman–Crippen MR) is 127 cm³/mol. The number of nitrogens with one attached hydrogen (secondary N) is 1. The zero-order valence-corrected chi connectivity index (χ0v) is 19.4. The average Bonchev–Trinajstić information content (AvgIpc) is 2.84. The molecule has 7 nitrogen and oxygen atoms in total. The van der Waals surface area contributed by atoms with Gasteiger partial charge in [-0.25, -0.2) is 8.42 Å². The SMILES string of the molecule is CN1CCN(C(=O)c2ccc(S(=O)(=O)C3CCc4[nH]c(=O)c5ccccc5c4C3)cc2)CC1. The average molecular weight is 466 g/mol. The Labute approximate surface area is 192 Å². The van der Waals surface area contributed by atoms with Crippen LogP contribution in [0.25, 0.3) is 10.8 Å². The summed E-state index contributed by atoms with van der Waals surface area (Å²) in [5, 5.41) is 0.837. The third-order valence-electron chi connectivity index (χ3n) is 6.93. The molecule has 1 aromatic heterocycles. The van der Waals surface area contributed by atoms with E-state index in [9.17, 15) is 18.0 Å². The monoisotopic (exact) mass is 465 g/mol. The highest BCUT2D eigenvalue weighted by molar-refractivity contribution is 7.92. The van der Waals surface area contributed by atoms with Crippen molar-refractivity contribution in [1.82, 2.24) is 14.8 Å². The zero-order chi connectivity index (χ0) is 23.2. The Hall–Kier alpha value is -2.97. The van der Waals surface area contributed by atoms with Gasteiger partial charge in [0.25, 0.3) is 11.5 Å². The zero-order valence-electron chi connectivity index (χ0n) is 18.6. The molecule has 1 aliphatic carbocycles. The fraction of sp³-hybridized carbons (Fsp3) is 0.360. The van der Waals surface area contributed by atoms with Crippen molar-refractivity contribution in [2.24, 2.45) is 0 Å². The van der Waals surface area contributed by atoms with E-state index >= 15 is 0 Å². The molecule has 0 spiro atoms. The maximum atomic E-state index is 13.4. The molecule has 1 N–H and O–H groups in total. The van der Waals surface area contributed by atoms with Crippen molar-refractivity contribution in [3.05, 3.63) is 75.7 Å². The molecule has 8 heteroatoms. The first kappa shape index (κ1) is 21.9. The third-order valence-corrected chi connectivity index (χ3v) is 9.14. The summed E-state index contributed by atoms with van der Waals surface area (Å²) < 4.78 is 26.9. The van der Waals surface area contributed by atoms with Gasteiger partial charge in [0, 0.05) is 42.8 Å². The molecule has 2 aliphatic rings. The first-order valence-corrected chi connectivity index (χ1v) is 12.8. The van der Waals surface area contributed by atoms with Crippen molar-refractivity contribution in [2.45, 2.75) is 29.4 Å². The smallest absolute Gasteiger partial charge is 0.256 e. The van der Waals surface area contributed by atoms with Gasteiger partial charge in [-0.05, 0) is 67.6 Å². The summed E-state index contributed by atoms with van der Waals surface area (Å²) in [6, 6.07) is 13.7. The largest absolute Gasteiger partial charge is 0.336 e. The van der Waals surface area contributed by atoms with Gasteiger partial charge in [-0.3, -0.25) is 9.59 Å². The summed E-state index contributed by atoms with van der Waals surface area (Å²) >= 11 is 0. The van der Waals surface area contributed by atoms with Crippen LogP contribution in [0.4, 0.5) is 0 Å². The van der Waals surface area contributed by atoms with Crippen LogP contribution in [0, 0.1) is 0 Å². The van der Waals surface area contributed by atoms with E-state index < -0.39 is 15.1 Å². The van der Waals surface area contributed by atoms with Crippen molar-refractivity contribution in [1.29, 1.82) is 0 Å². The molecule has 0 radical (unpaired) electrons. The van der Waals surface area contributed by atoms with E-state index in [4.69, 9.17) is 0 Å². The van der Waals surface area contributed by atoms with Crippen molar-refractivity contribution < 1.29 is 13.2 Å². The number of fused-ring (bicyclic) bond motifs is 3. The number of aromatic nitrogens is 1. The Morgan fingerprint density at radius 2 is 1.64 bits per heavy atom. The summed E-state index contributed by atoms with van der Waals surface area (Å²) in [6.07, 6.45) is 1.32. The van der Waals surface area contributed by atoms with E-state index in [1.807, 2.05) is 30.1 Å². The number of carbonyl (C=O) groups excluding carboxylic acids is 1. The van der Waals surface area contributed by atoms with Crippen LogP contribution >= 0.6 is 0 Å². The Morgan fingerprint density at radius 3 is 2.33 bits per heavy atom. The lowest BCUT2D eigenvalue weighted by Gasteiger charge is -2.32. The van der Waals surface area contributed by atoms with Crippen LogP contribution in [0.1, 0.15) is 28.0 Å². The minimum Gasteiger partial charge on any atom is -0.336 e. The number of benzene rings is 2. The molecule has 33 heavy (non-hydrogen) atoms. The van der Waals surface area contributed by atoms with Gasteiger partial charge in [-0.1, -0.05) is 18.2 Å². The number of carbonyl (C=O) groups is 1. The highest BCUT2D eigenvalue weighted by atomic mass is 32.2. The number of nitrogens with zero attached hydrogens (tertiary/aromatic N) is 2. The predicted octanol–water partition coefficient (Wildman–Crippen LogP) is 2.25. The van der Waals surface area contributed by atoms with Crippen molar-refractivity contribution in [3.63, 3.8) is 0 Å². The molecule has 1 unspecified atom stereocenters. The Balaban J connectivity index is 1.39. The van der Waals surface area contributed by atoms with Crippen LogP contribution in [-0.2, 0) is 22.7 Å². The second kappa shape index (κ2) is 8.43. The van der Waals surface area contributed by atoms with Gasteiger partial charge in [0.1, 0.15) is 0 Å². The number of amides is 1. The van der Waals surface area contributed by atoms with Gasteiger partial charge in [0.05, 0.1) is 10.1 Å². The molecular formula is C25H27N3O4S. The summed E-state index contributed by atoms with van der Waals surface area (Å²) in [5.74, 6) is -0.0611. The molecule has 1 saturated heterocycles. The number of aryl methyl sites for hydroxylation is 1. The van der Waals surface area contributed by atoms with Gasteiger partial charge < -0.3 is 14.8 Å². The van der Waals surface area contributed by atoms with E-state index in [1.165, 1.54) is 0 Å². The lowest BCUT2D eigenvalue weighted by molar-refractivity contribution is 0.0664. The number of aromatic amines is 1. The quantitative estimate of drug-likeness (QED) is 0.641. The van der Waals surface area contributed by atoms with Crippen molar-refractivity contribution in [3.8, 4) is 0 Å². The molecule has 1 aliphatic heterocycles. The standard InChI is InChI=1S/C25H27N3O4S/c1-27-12-14-28(15-13-27)25(30)17-6-8-18(9-7-17)33(31,32)19-10-11-23-22(16-19)20-4-2-3-5-21(20)24(29)26-23/h2-9,19H,10-16H2,1H3,(H,26,29). The van der Waals surface area contributed by atoms with Gasteiger partial charge in [-0.2, -0.15) is 0 Å². The van der Waals surface area contributed by atoms with Gasteiger partial charge in [0.15, 0.2) is 9.84 Å². The van der Waals surface area contributed by atoms with Crippen molar-refractivity contribution in [2.75, 3.05) is 33.2 Å². The van der Waals surface area contributed by atoms with Gasteiger partial charge >= 0.3 is 0 Å². The number of H-pyrrole nitrogens is 1. The molecular weight excluding hydrogens is 438 g/mol. The van der Waals surface area contributed by atoms with E-state index in [0.29, 0.717) is 43.3 Å². The first-order chi connectivity index (χ1) is 15.8. The molecule has 1 atom stereocenters. The second-order valence-corrected chi connectivity index (χ2v) is 11.2. The topological polar surface area (TPSA) is 90.6 Å². The molecule has 0 bridgehead atoms. The highest BCUT2D eigenvalue weighted by Crippen LogP contribution is 2.31. The number of likely N-dealkylation sites (N-methyl/N-ethyl adjacent to an activating group) is 1. The van der Waals surface area contributed by atoms with Crippen molar-refractivity contribution >= 4 is 26.5 Å². The molecule has 0 saturated carbocycles. The lowest BCUT2D eigenvalue weighted by Crippen LogP contribution is -2.47. The van der Waals surface area contributed by atoms with Crippen LogP contribution < -0.4 is 5.56 Å². The molecule has 3 aromatic rings. The second-order valence-electron chi connectivity index (χ2n) is 8.99. The number of hydrogen-bond donors (Lipinski definition) is 1. The van der Waals surface area contributed by atoms with Crippen LogP contribution in [0.15, 0.2) is 58.2 Å². The third kappa shape index (κ3) is 3.98. The van der Waals surface area contributed by atoms with Crippen LogP contribution in [0.5, 0.6) is 0 Å². The molecule has 5 rings (SSSR count). The molecule has 1 amide bonds. The van der Waals surface area contributed by atoms with Crippen LogP contribution in [-0.4, -0.2) is 67.6 Å². The number of piperazine rings is 1. The summed E-state index contributed by atoms with van der Waals surface area (Å²) in [4.78, 5) is 32.3. The van der Waals surface area contributed by atoms with E-state index in [0.717, 1.165) is 29.7 Å². The van der Waals surface area contributed by atoms with E-state index in [-0.39, 0.29) is 16.4 Å². The molecule has 1 fully saturated rings. The fourth-order valence-electron chi connectivity index (χ4n) is 4.90.